The van der Waals surface area contributed by atoms with Crippen LogP contribution in [-0.2, 0) is 17.6 Å². The monoisotopic (exact) mass is 315 g/mol. The second-order valence-electron chi connectivity index (χ2n) is 4.95. The van der Waals surface area contributed by atoms with Gasteiger partial charge in [-0.2, -0.15) is 0 Å². The molecule has 0 fully saturated rings. The number of alkyl halides is 2. The number of nitrogens with zero attached hydrogens (tertiary/aromatic N) is 1. The lowest BCUT2D eigenvalue weighted by Gasteiger charge is -2.19. The predicted molar refractivity (Wildman–Crippen MR) is 82.1 cm³/mol. The number of hydrogen-bond donors (Lipinski definition) is 2. The molecule has 7 heteroatoms. The Morgan fingerprint density at radius 1 is 1.43 bits per heavy atom. The highest BCUT2D eigenvalue weighted by Gasteiger charge is 2.16. The average Bonchev–Trinajstić information content (AvgIpc) is 2.45. The summed E-state index contributed by atoms with van der Waals surface area (Å²) in [4.78, 5) is 4.87. The average molecular weight is 315 g/mol. The Bertz CT molecular complexity index is 511. The molecule has 0 atom stereocenters. The number of thiocarbonyl (C=S) groups is 1. The highest BCUT2D eigenvalue weighted by molar-refractivity contribution is 7.80. The molecule has 1 heterocycles. The second-order valence-corrected chi connectivity index (χ2v) is 5.39. The number of aromatic nitrogens is 1. The van der Waals surface area contributed by atoms with E-state index in [9.17, 15) is 8.78 Å². The summed E-state index contributed by atoms with van der Waals surface area (Å²) in [5.41, 5.74) is 8.71. The molecule has 0 aliphatic heterocycles. The molecule has 0 saturated carbocycles. The number of fused-ring (bicyclic) bond motifs is 1. The molecule has 116 valence electrons. The van der Waals surface area contributed by atoms with E-state index >= 15 is 0 Å². The normalized spacial score (nSPS) is 14.0. The molecule has 4 nitrogen and oxygen atoms in total. The topological polar surface area (TPSA) is 60.2 Å². The lowest BCUT2D eigenvalue weighted by Crippen LogP contribution is -2.20. The number of nitrogens with two attached hydrogens (primary N) is 1. The van der Waals surface area contributed by atoms with E-state index in [0.717, 1.165) is 31.4 Å². The summed E-state index contributed by atoms with van der Waals surface area (Å²) in [6, 6.07) is 1.99. The van der Waals surface area contributed by atoms with Crippen molar-refractivity contribution in [3.63, 3.8) is 0 Å². The van der Waals surface area contributed by atoms with Crippen LogP contribution in [0.3, 0.4) is 0 Å². The molecule has 0 bridgehead atoms. The molecule has 0 unspecified atom stereocenters. The molecule has 3 N–H and O–H groups in total. The molecule has 21 heavy (non-hydrogen) atoms. The quantitative estimate of drug-likeness (QED) is 0.597. The van der Waals surface area contributed by atoms with Gasteiger partial charge in [0.15, 0.2) is 0 Å². The van der Waals surface area contributed by atoms with Crippen LogP contribution in [0.1, 0.15) is 29.7 Å². The van der Waals surface area contributed by atoms with E-state index in [-0.39, 0.29) is 11.6 Å². The Hall–Kier alpha value is -1.34. The molecular formula is C14H19F2N3OS. The molecule has 2 rings (SSSR count). The van der Waals surface area contributed by atoms with Crippen molar-refractivity contribution >= 4 is 23.0 Å². The fourth-order valence-corrected chi connectivity index (χ4v) is 2.53. The van der Waals surface area contributed by atoms with Crippen LogP contribution in [0.4, 0.5) is 14.6 Å². The minimum Gasteiger partial charge on any atom is -0.389 e. The summed E-state index contributed by atoms with van der Waals surface area (Å²) in [6.45, 7) is 0.00938. The van der Waals surface area contributed by atoms with Gasteiger partial charge in [0.1, 0.15) is 17.4 Å². The van der Waals surface area contributed by atoms with Crippen molar-refractivity contribution in [3.05, 3.63) is 22.9 Å². The lowest BCUT2D eigenvalue weighted by atomic mass is 9.94. The first-order valence-corrected chi connectivity index (χ1v) is 7.41. The van der Waals surface area contributed by atoms with Crippen molar-refractivity contribution in [2.24, 2.45) is 5.73 Å². The maximum atomic E-state index is 12.0. The Labute approximate surface area is 128 Å². The highest BCUT2D eigenvalue weighted by Crippen LogP contribution is 2.24. The molecular weight excluding hydrogens is 296 g/mol. The number of halogens is 2. The molecule has 0 aromatic carbocycles. The van der Waals surface area contributed by atoms with Gasteiger partial charge in [0, 0.05) is 12.2 Å². The molecule has 0 amide bonds. The van der Waals surface area contributed by atoms with Crippen molar-refractivity contribution in [1.82, 2.24) is 4.98 Å². The Balaban J connectivity index is 2.01. The van der Waals surface area contributed by atoms with Crippen LogP contribution in [0.5, 0.6) is 0 Å². The lowest BCUT2D eigenvalue weighted by molar-refractivity contribution is 0.0215. The van der Waals surface area contributed by atoms with Crippen LogP contribution < -0.4 is 11.1 Å². The van der Waals surface area contributed by atoms with Crippen LogP contribution in [0.2, 0.25) is 0 Å². The van der Waals surface area contributed by atoms with Crippen molar-refractivity contribution in [1.29, 1.82) is 0 Å². The van der Waals surface area contributed by atoms with E-state index < -0.39 is 13.0 Å². The summed E-state index contributed by atoms with van der Waals surface area (Å²) < 4.78 is 28.7. The third kappa shape index (κ3) is 4.57. The van der Waals surface area contributed by atoms with Gasteiger partial charge in [-0.3, -0.25) is 0 Å². The third-order valence-electron chi connectivity index (χ3n) is 3.35. The van der Waals surface area contributed by atoms with Gasteiger partial charge in [-0.15, -0.1) is 0 Å². The summed E-state index contributed by atoms with van der Waals surface area (Å²) >= 11 is 5.06. The molecule has 0 spiro atoms. The number of ether oxygens (including phenoxy) is 1. The van der Waals surface area contributed by atoms with Gasteiger partial charge < -0.3 is 15.8 Å². The fraction of sp³-hybridized carbons (Fsp3) is 0.571. The Morgan fingerprint density at radius 2 is 2.19 bits per heavy atom. The molecule has 1 aliphatic carbocycles. The minimum absolute atomic E-state index is 0.180. The Kier molecular flexibility index (Phi) is 5.81. The summed E-state index contributed by atoms with van der Waals surface area (Å²) in [5.74, 6) is 0.615. The van der Waals surface area contributed by atoms with E-state index in [1.165, 1.54) is 5.56 Å². The predicted octanol–water partition coefficient (Wildman–Crippen LogP) is 2.29. The molecule has 0 radical (unpaired) electrons. The zero-order chi connectivity index (χ0) is 15.2. The van der Waals surface area contributed by atoms with Crippen LogP contribution in [0, 0.1) is 0 Å². The first-order valence-electron chi connectivity index (χ1n) is 7.00. The maximum absolute atomic E-state index is 12.0. The Morgan fingerprint density at radius 3 is 2.90 bits per heavy atom. The molecule has 1 aliphatic rings. The number of aryl methyl sites for hydroxylation is 2. The van der Waals surface area contributed by atoms with Gasteiger partial charge in [0.25, 0.3) is 6.43 Å². The zero-order valence-electron chi connectivity index (χ0n) is 11.7. The standard InChI is InChI=1S/C14H19F2N3OS/c15-12(16)8-20-6-5-18-14-10(13(17)21)7-9-3-1-2-4-11(9)19-14/h7,12H,1-6,8H2,(H2,17,21)(H,18,19). The van der Waals surface area contributed by atoms with Gasteiger partial charge in [-0.05, 0) is 37.3 Å². The van der Waals surface area contributed by atoms with Gasteiger partial charge in [-0.25, -0.2) is 13.8 Å². The number of rotatable bonds is 7. The number of pyridine rings is 1. The first kappa shape index (κ1) is 16.0. The SMILES string of the molecule is NC(=S)c1cc2c(nc1NCCOCC(F)F)CCCC2. The van der Waals surface area contributed by atoms with Crippen molar-refractivity contribution in [3.8, 4) is 0 Å². The van der Waals surface area contributed by atoms with Crippen molar-refractivity contribution in [2.75, 3.05) is 25.1 Å². The number of hydrogen-bond acceptors (Lipinski definition) is 4. The molecule has 1 aromatic rings. The largest absolute Gasteiger partial charge is 0.389 e. The summed E-state index contributed by atoms with van der Waals surface area (Å²) in [6.07, 6.45) is 1.78. The van der Waals surface area contributed by atoms with Gasteiger partial charge in [0.2, 0.25) is 0 Å². The molecule has 1 aromatic heterocycles. The van der Waals surface area contributed by atoms with Crippen molar-refractivity contribution < 1.29 is 13.5 Å². The van der Waals surface area contributed by atoms with Gasteiger partial charge in [-0.1, -0.05) is 12.2 Å². The van der Waals surface area contributed by atoms with E-state index in [1.807, 2.05) is 6.07 Å². The van der Waals surface area contributed by atoms with E-state index in [4.69, 9.17) is 22.7 Å². The number of nitrogens with one attached hydrogen (secondary N) is 1. The van der Waals surface area contributed by atoms with E-state index in [2.05, 4.69) is 10.3 Å². The van der Waals surface area contributed by atoms with Gasteiger partial charge in [0.05, 0.1) is 12.2 Å². The maximum Gasteiger partial charge on any atom is 0.261 e. The first-order chi connectivity index (χ1) is 10.1. The third-order valence-corrected chi connectivity index (χ3v) is 3.57. The smallest absolute Gasteiger partial charge is 0.261 e. The second kappa shape index (κ2) is 7.61. The minimum atomic E-state index is -2.45. The summed E-state index contributed by atoms with van der Waals surface area (Å²) in [7, 11) is 0. The van der Waals surface area contributed by atoms with Crippen molar-refractivity contribution in [2.45, 2.75) is 32.1 Å². The zero-order valence-corrected chi connectivity index (χ0v) is 12.5. The fourth-order valence-electron chi connectivity index (χ4n) is 2.37. The molecule has 0 saturated heterocycles. The van der Waals surface area contributed by atoms with Gasteiger partial charge >= 0.3 is 0 Å². The number of anilines is 1. The van der Waals surface area contributed by atoms with Crippen LogP contribution in [0.25, 0.3) is 0 Å². The van der Waals surface area contributed by atoms with E-state index in [0.29, 0.717) is 17.9 Å². The van der Waals surface area contributed by atoms with Crippen LogP contribution >= 0.6 is 12.2 Å². The van der Waals surface area contributed by atoms with Crippen LogP contribution in [0.15, 0.2) is 6.07 Å². The highest BCUT2D eigenvalue weighted by atomic mass is 32.1. The van der Waals surface area contributed by atoms with Crippen LogP contribution in [-0.4, -0.2) is 36.2 Å². The van der Waals surface area contributed by atoms with E-state index in [1.54, 1.807) is 0 Å². The summed E-state index contributed by atoms with van der Waals surface area (Å²) in [5, 5.41) is 3.07.